The predicted octanol–water partition coefficient (Wildman–Crippen LogP) is 4.46. The fourth-order valence-electron chi connectivity index (χ4n) is 1.69. The Morgan fingerprint density at radius 1 is 1.05 bits per heavy atom. The van der Waals surface area contributed by atoms with Crippen LogP contribution in [0.4, 0.5) is 5.69 Å². The quantitative estimate of drug-likeness (QED) is 0.842. The van der Waals surface area contributed by atoms with Crippen molar-refractivity contribution in [3.05, 3.63) is 51.0 Å². The molecule has 0 saturated heterocycles. The molecule has 2 rings (SSSR count). The Balaban J connectivity index is 2.48. The van der Waals surface area contributed by atoms with Crippen LogP contribution < -0.4 is 4.72 Å². The molecule has 0 aliphatic rings. The lowest BCUT2D eigenvalue weighted by Crippen LogP contribution is -2.14. The molecule has 112 valence electrons. The summed E-state index contributed by atoms with van der Waals surface area (Å²) in [5, 5.41) is 10.3. The van der Waals surface area contributed by atoms with Crippen molar-refractivity contribution in [1.29, 1.82) is 0 Å². The standard InChI is InChI=1S/C13H10Cl3NO3S/c1-7-4-8(14)2-3-11(7)17-21(19,20)12-6-9(15)5-10(16)13(12)18/h2-6,17-18H,1H3. The highest BCUT2D eigenvalue weighted by Gasteiger charge is 2.22. The molecule has 21 heavy (non-hydrogen) atoms. The first-order valence-corrected chi connectivity index (χ1v) is 8.29. The molecule has 4 nitrogen and oxygen atoms in total. The zero-order valence-electron chi connectivity index (χ0n) is 10.7. The molecule has 0 aliphatic carbocycles. The number of hydrogen-bond donors (Lipinski definition) is 2. The molecule has 0 atom stereocenters. The van der Waals surface area contributed by atoms with Gasteiger partial charge in [-0.15, -0.1) is 0 Å². The highest BCUT2D eigenvalue weighted by atomic mass is 35.5. The van der Waals surface area contributed by atoms with Gasteiger partial charge in [0.15, 0.2) is 5.75 Å². The van der Waals surface area contributed by atoms with Crippen molar-refractivity contribution in [2.45, 2.75) is 11.8 Å². The van der Waals surface area contributed by atoms with Crippen LogP contribution >= 0.6 is 34.8 Å². The van der Waals surface area contributed by atoms with Gasteiger partial charge in [0.2, 0.25) is 0 Å². The van der Waals surface area contributed by atoms with Crippen LogP contribution in [-0.2, 0) is 10.0 Å². The average Bonchev–Trinajstić information content (AvgIpc) is 2.37. The molecular weight excluding hydrogens is 357 g/mol. The van der Waals surface area contributed by atoms with Gasteiger partial charge in [0.05, 0.1) is 10.7 Å². The molecule has 0 aliphatic heterocycles. The summed E-state index contributed by atoms with van der Waals surface area (Å²) in [5.74, 6) is -0.555. The summed E-state index contributed by atoms with van der Waals surface area (Å²) >= 11 is 17.3. The number of nitrogens with one attached hydrogen (secondary N) is 1. The van der Waals surface area contributed by atoms with Gasteiger partial charge in [-0.2, -0.15) is 0 Å². The third kappa shape index (κ3) is 3.55. The van der Waals surface area contributed by atoms with Crippen molar-refractivity contribution < 1.29 is 13.5 Å². The highest BCUT2D eigenvalue weighted by molar-refractivity contribution is 7.92. The summed E-state index contributed by atoms with van der Waals surface area (Å²) in [6.45, 7) is 1.70. The van der Waals surface area contributed by atoms with Crippen LogP contribution in [0, 0.1) is 6.92 Å². The first-order valence-electron chi connectivity index (χ1n) is 5.67. The molecule has 0 spiro atoms. The van der Waals surface area contributed by atoms with Crippen molar-refractivity contribution in [2.75, 3.05) is 4.72 Å². The molecule has 0 saturated carbocycles. The first-order chi connectivity index (χ1) is 9.70. The molecule has 8 heteroatoms. The minimum Gasteiger partial charge on any atom is -0.505 e. The van der Waals surface area contributed by atoms with E-state index in [1.807, 2.05) is 0 Å². The van der Waals surface area contributed by atoms with Gasteiger partial charge in [-0.25, -0.2) is 8.42 Å². The summed E-state index contributed by atoms with van der Waals surface area (Å²) in [4.78, 5) is -0.394. The van der Waals surface area contributed by atoms with E-state index in [1.54, 1.807) is 19.1 Å². The highest BCUT2D eigenvalue weighted by Crippen LogP contribution is 2.35. The molecule has 0 bridgehead atoms. The molecular formula is C13H10Cl3NO3S. The Labute approximate surface area is 137 Å². The lowest BCUT2D eigenvalue weighted by molar-refractivity contribution is 0.459. The van der Waals surface area contributed by atoms with E-state index >= 15 is 0 Å². The number of hydrogen-bond acceptors (Lipinski definition) is 3. The summed E-state index contributed by atoms with van der Waals surface area (Å²) in [6, 6.07) is 7.07. The molecule has 2 aromatic carbocycles. The number of halogens is 3. The van der Waals surface area contributed by atoms with E-state index in [0.717, 1.165) is 6.07 Å². The van der Waals surface area contributed by atoms with E-state index in [1.165, 1.54) is 12.1 Å². The minimum absolute atomic E-state index is 0.103. The molecule has 0 unspecified atom stereocenters. The van der Waals surface area contributed by atoms with Crippen LogP contribution in [0.3, 0.4) is 0 Å². The van der Waals surface area contributed by atoms with Gasteiger partial charge in [0.1, 0.15) is 4.90 Å². The van der Waals surface area contributed by atoms with Crippen molar-refractivity contribution in [3.8, 4) is 5.75 Å². The van der Waals surface area contributed by atoms with Crippen molar-refractivity contribution in [1.82, 2.24) is 0 Å². The summed E-state index contributed by atoms with van der Waals surface area (Å²) in [7, 11) is -4.04. The largest absolute Gasteiger partial charge is 0.505 e. The average molecular weight is 367 g/mol. The topological polar surface area (TPSA) is 66.4 Å². The Morgan fingerprint density at radius 3 is 2.33 bits per heavy atom. The van der Waals surface area contributed by atoms with Gasteiger partial charge < -0.3 is 5.11 Å². The number of aryl methyl sites for hydroxylation is 1. The van der Waals surface area contributed by atoms with Crippen LogP contribution in [-0.4, -0.2) is 13.5 Å². The summed E-state index contributed by atoms with van der Waals surface area (Å²) in [6.07, 6.45) is 0. The third-order valence-electron chi connectivity index (χ3n) is 2.72. The van der Waals surface area contributed by atoms with E-state index in [4.69, 9.17) is 34.8 Å². The molecule has 0 aromatic heterocycles. The predicted molar refractivity (Wildman–Crippen MR) is 85.1 cm³/mol. The Morgan fingerprint density at radius 2 is 1.71 bits per heavy atom. The molecule has 2 N–H and O–H groups in total. The minimum atomic E-state index is -4.04. The first kappa shape index (κ1) is 16.2. The Kier molecular flexibility index (Phi) is 4.58. The number of aromatic hydroxyl groups is 1. The van der Waals surface area contributed by atoms with Gasteiger partial charge in [0.25, 0.3) is 10.0 Å². The van der Waals surface area contributed by atoms with Gasteiger partial charge in [0, 0.05) is 10.0 Å². The van der Waals surface area contributed by atoms with E-state index in [0.29, 0.717) is 16.3 Å². The number of phenolic OH excluding ortho intramolecular Hbond substituents is 1. The molecule has 0 radical (unpaired) electrons. The second-order valence-electron chi connectivity index (χ2n) is 4.30. The molecule has 0 heterocycles. The fraction of sp³-hybridized carbons (Fsp3) is 0.0769. The van der Waals surface area contributed by atoms with Gasteiger partial charge in [-0.1, -0.05) is 34.8 Å². The van der Waals surface area contributed by atoms with Crippen LogP contribution in [0.25, 0.3) is 0 Å². The fourth-order valence-corrected chi connectivity index (χ4v) is 3.80. The van der Waals surface area contributed by atoms with Gasteiger partial charge >= 0.3 is 0 Å². The normalized spacial score (nSPS) is 11.4. The van der Waals surface area contributed by atoms with Crippen LogP contribution in [0.1, 0.15) is 5.56 Å². The van der Waals surface area contributed by atoms with E-state index < -0.39 is 20.7 Å². The van der Waals surface area contributed by atoms with Gasteiger partial charge in [-0.05, 0) is 42.8 Å². The molecule has 0 amide bonds. The lowest BCUT2D eigenvalue weighted by Gasteiger charge is -2.12. The van der Waals surface area contributed by atoms with Crippen molar-refractivity contribution in [2.24, 2.45) is 0 Å². The zero-order chi connectivity index (χ0) is 15.8. The zero-order valence-corrected chi connectivity index (χ0v) is 13.8. The van der Waals surface area contributed by atoms with Crippen molar-refractivity contribution >= 4 is 50.5 Å². The monoisotopic (exact) mass is 365 g/mol. The smallest absolute Gasteiger partial charge is 0.265 e. The van der Waals surface area contributed by atoms with Crippen molar-refractivity contribution in [3.63, 3.8) is 0 Å². The second-order valence-corrected chi connectivity index (χ2v) is 7.23. The molecule has 2 aromatic rings. The van der Waals surface area contributed by atoms with E-state index in [2.05, 4.69) is 4.72 Å². The van der Waals surface area contributed by atoms with Crippen LogP contribution in [0.15, 0.2) is 35.2 Å². The SMILES string of the molecule is Cc1cc(Cl)ccc1NS(=O)(=O)c1cc(Cl)cc(Cl)c1O. The Hall–Kier alpha value is -1.14. The summed E-state index contributed by atoms with van der Waals surface area (Å²) in [5.41, 5.74) is 0.980. The van der Waals surface area contributed by atoms with Crippen LogP contribution in [0.2, 0.25) is 15.1 Å². The third-order valence-corrected chi connectivity index (χ3v) is 4.84. The number of rotatable bonds is 3. The maximum atomic E-state index is 12.3. The van der Waals surface area contributed by atoms with E-state index in [-0.39, 0.29) is 10.0 Å². The number of sulfonamides is 1. The number of phenols is 1. The maximum absolute atomic E-state index is 12.3. The summed E-state index contributed by atoms with van der Waals surface area (Å²) < 4.78 is 27.0. The second kappa shape index (κ2) is 5.93. The Bertz CT molecular complexity index is 807. The van der Waals surface area contributed by atoms with Gasteiger partial charge in [-0.3, -0.25) is 4.72 Å². The number of benzene rings is 2. The lowest BCUT2D eigenvalue weighted by atomic mass is 10.2. The molecule has 0 fully saturated rings. The van der Waals surface area contributed by atoms with Crippen LogP contribution in [0.5, 0.6) is 5.75 Å². The number of anilines is 1. The maximum Gasteiger partial charge on any atom is 0.265 e. The van der Waals surface area contributed by atoms with E-state index in [9.17, 15) is 13.5 Å².